The second-order valence-corrected chi connectivity index (χ2v) is 9.25. The number of benzene rings is 3. The largest absolute Gasteiger partial charge is 0.450 e. The average Bonchev–Trinajstić information content (AvgIpc) is 3.08. The van der Waals surface area contributed by atoms with Gasteiger partial charge in [-0.25, -0.2) is 0 Å². The number of fused-ring (bicyclic) bond motifs is 2. The summed E-state index contributed by atoms with van der Waals surface area (Å²) >= 11 is 7.88. The number of hydrogen-bond donors (Lipinski definition) is 0. The normalized spacial score (nSPS) is 15.4. The van der Waals surface area contributed by atoms with Gasteiger partial charge in [0.05, 0.1) is 17.0 Å². The zero-order valence-corrected chi connectivity index (χ0v) is 19.4. The van der Waals surface area contributed by atoms with E-state index in [1.165, 1.54) is 0 Å². The summed E-state index contributed by atoms with van der Waals surface area (Å²) < 4.78 is 6.08. The molecule has 0 aliphatic carbocycles. The molecule has 0 saturated heterocycles. The molecule has 0 N–H and O–H groups in total. The molecule has 1 amide bonds. The summed E-state index contributed by atoms with van der Waals surface area (Å²) in [5.74, 6) is -0.261. The molecule has 1 atom stereocenters. The quantitative estimate of drug-likeness (QED) is 0.325. The lowest BCUT2D eigenvalue weighted by atomic mass is 9.97. The van der Waals surface area contributed by atoms with Gasteiger partial charge in [0, 0.05) is 15.6 Å². The van der Waals surface area contributed by atoms with Gasteiger partial charge in [-0.15, -0.1) is 11.8 Å². The first-order valence-electron chi connectivity index (χ1n) is 10.2. The van der Waals surface area contributed by atoms with E-state index in [2.05, 4.69) is 0 Å². The molecular weight excluding hydrogens is 442 g/mol. The first-order chi connectivity index (χ1) is 15.4. The van der Waals surface area contributed by atoms with Gasteiger partial charge in [-0.05, 0) is 79.3 Å². The molecule has 1 aliphatic rings. The summed E-state index contributed by atoms with van der Waals surface area (Å²) in [7, 11) is 0. The average molecular weight is 462 g/mol. The lowest BCUT2D eigenvalue weighted by molar-refractivity contribution is 0.0971. The highest BCUT2D eigenvalue weighted by Crippen LogP contribution is 2.42. The second-order valence-electron chi connectivity index (χ2n) is 7.94. The van der Waals surface area contributed by atoms with E-state index in [0.29, 0.717) is 27.2 Å². The number of hydrogen-bond acceptors (Lipinski definition) is 4. The highest BCUT2D eigenvalue weighted by Gasteiger charge is 2.43. The molecular formula is C26H20ClNO3S. The van der Waals surface area contributed by atoms with E-state index in [4.69, 9.17) is 16.0 Å². The van der Waals surface area contributed by atoms with Crippen LogP contribution in [0, 0.1) is 13.8 Å². The van der Waals surface area contributed by atoms with E-state index in [1.54, 1.807) is 34.9 Å². The van der Waals surface area contributed by atoms with E-state index >= 15 is 0 Å². The minimum Gasteiger partial charge on any atom is -0.450 e. The predicted molar refractivity (Wildman–Crippen MR) is 130 cm³/mol. The van der Waals surface area contributed by atoms with Crippen molar-refractivity contribution in [2.45, 2.75) is 24.8 Å². The van der Waals surface area contributed by atoms with Gasteiger partial charge in [0.1, 0.15) is 5.58 Å². The lowest BCUT2D eigenvalue weighted by Gasteiger charge is -2.25. The highest BCUT2D eigenvalue weighted by molar-refractivity contribution is 7.98. The Balaban J connectivity index is 1.81. The van der Waals surface area contributed by atoms with Gasteiger partial charge in [0.25, 0.3) is 5.91 Å². The maximum Gasteiger partial charge on any atom is 0.295 e. The van der Waals surface area contributed by atoms with Crippen LogP contribution in [0.25, 0.3) is 11.0 Å². The molecule has 4 nitrogen and oxygen atoms in total. The maximum absolute atomic E-state index is 13.7. The van der Waals surface area contributed by atoms with Crippen molar-refractivity contribution in [2.75, 3.05) is 11.2 Å². The van der Waals surface area contributed by atoms with Gasteiger partial charge in [0.2, 0.25) is 5.76 Å². The van der Waals surface area contributed by atoms with Crippen LogP contribution >= 0.6 is 23.4 Å². The first-order valence-corrected chi connectivity index (χ1v) is 11.8. The van der Waals surface area contributed by atoms with Crippen LogP contribution in [0.5, 0.6) is 0 Å². The fourth-order valence-electron chi connectivity index (χ4n) is 4.22. The third kappa shape index (κ3) is 3.24. The molecule has 1 unspecified atom stereocenters. The fraction of sp³-hybridized carbons (Fsp3) is 0.154. The van der Waals surface area contributed by atoms with Crippen molar-refractivity contribution in [1.29, 1.82) is 0 Å². The third-order valence-corrected chi connectivity index (χ3v) is 6.98. The number of carbonyl (C=O) groups is 1. The van der Waals surface area contributed by atoms with Gasteiger partial charge in [0.15, 0.2) is 5.43 Å². The summed E-state index contributed by atoms with van der Waals surface area (Å²) in [4.78, 5) is 30.0. The van der Waals surface area contributed by atoms with E-state index in [1.807, 2.05) is 62.6 Å². The van der Waals surface area contributed by atoms with Gasteiger partial charge >= 0.3 is 0 Å². The topological polar surface area (TPSA) is 50.5 Å². The molecule has 160 valence electrons. The van der Waals surface area contributed by atoms with Crippen molar-refractivity contribution >= 4 is 45.9 Å². The van der Waals surface area contributed by atoms with Crippen molar-refractivity contribution in [1.82, 2.24) is 0 Å². The van der Waals surface area contributed by atoms with E-state index in [-0.39, 0.29) is 17.1 Å². The van der Waals surface area contributed by atoms with Crippen LogP contribution in [0.4, 0.5) is 5.69 Å². The number of nitrogens with zero attached hydrogens (tertiary/aromatic N) is 1. The van der Waals surface area contributed by atoms with E-state index in [9.17, 15) is 9.59 Å². The molecule has 3 aromatic carbocycles. The Morgan fingerprint density at radius 2 is 1.69 bits per heavy atom. The minimum atomic E-state index is -0.603. The first kappa shape index (κ1) is 20.9. The van der Waals surface area contributed by atoms with Crippen molar-refractivity contribution in [3.8, 4) is 0 Å². The number of anilines is 1. The van der Waals surface area contributed by atoms with Crippen LogP contribution in [-0.4, -0.2) is 12.2 Å². The van der Waals surface area contributed by atoms with Crippen LogP contribution in [0.2, 0.25) is 5.02 Å². The molecule has 4 aromatic rings. The van der Waals surface area contributed by atoms with Gasteiger partial charge in [-0.2, -0.15) is 0 Å². The summed E-state index contributed by atoms with van der Waals surface area (Å²) in [5, 5.41) is 0.997. The van der Waals surface area contributed by atoms with Crippen LogP contribution < -0.4 is 10.3 Å². The molecule has 0 radical (unpaired) electrons. The van der Waals surface area contributed by atoms with Crippen LogP contribution in [-0.2, 0) is 0 Å². The number of rotatable bonds is 3. The van der Waals surface area contributed by atoms with E-state index in [0.717, 1.165) is 21.6 Å². The third-order valence-electron chi connectivity index (χ3n) is 6.00. The fourth-order valence-corrected chi connectivity index (χ4v) is 4.81. The predicted octanol–water partition coefficient (Wildman–Crippen LogP) is 6.53. The molecule has 0 spiro atoms. The zero-order chi connectivity index (χ0) is 22.6. The number of amides is 1. The number of thioether (sulfide) groups is 1. The van der Waals surface area contributed by atoms with Gasteiger partial charge < -0.3 is 4.42 Å². The van der Waals surface area contributed by atoms with Gasteiger partial charge in [-0.1, -0.05) is 29.8 Å². The summed E-state index contributed by atoms with van der Waals surface area (Å²) in [6.45, 7) is 3.92. The molecule has 1 aromatic heterocycles. The number of aryl methyl sites for hydroxylation is 2. The van der Waals surface area contributed by atoms with Crippen molar-refractivity contribution < 1.29 is 9.21 Å². The smallest absolute Gasteiger partial charge is 0.295 e. The monoisotopic (exact) mass is 461 g/mol. The summed E-state index contributed by atoms with van der Waals surface area (Å²) in [6, 6.07) is 18.1. The Bertz CT molecular complexity index is 1440. The van der Waals surface area contributed by atoms with Crippen LogP contribution in [0.1, 0.15) is 38.9 Å². The van der Waals surface area contributed by atoms with Crippen molar-refractivity contribution in [2.24, 2.45) is 0 Å². The molecule has 0 saturated carbocycles. The van der Waals surface area contributed by atoms with Crippen molar-refractivity contribution in [3.05, 3.63) is 104 Å². The molecule has 0 bridgehead atoms. The molecule has 1 aliphatic heterocycles. The Morgan fingerprint density at radius 1 is 0.969 bits per heavy atom. The standard InChI is InChI=1S/C26H20ClNO3S/c1-14-11-20-21(12-15(14)2)31-25-22(24(20)29)23(16-7-9-19(32-3)10-8-16)28(26(25)30)18-6-4-5-17(27)13-18/h4-13,23H,1-3H3. The Hall–Kier alpha value is -3.02. The Kier molecular flexibility index (Phi) is 5.11. The maximum atomic E-state index is 13.7. The Morgan fingerprint density at radius 3 is 2.38 bits per heavy atom. The number of halogens is 1. The van der Waals surface area contributed by atoms with Gasteiger partial charge in [-0.3, -0.25) is 14.5 Å². The minimum absolute atomic E-state index is 0.0877. The summed E-state index contributed by atoms with van der Waals surface area (Å²) in [6.07, 6.45) is 2.01. The number of carbonyl (C=O) groups excluding carboxylic acids is 1. The SMILES string of the molecule is CSc1ccc(C2c3c(oc4cc(C)c(C)cc4c3=O)C(=O)N2c2cccc(Cl)c2)cc1. The zero-order valence-electron chi connectivity index (χ0n) is 17.8. The van der Waals surface area contributed by atoms with Crippen molar-refractivity contribution in [3.63, 3.8) is 0 Å². The van der Waals surface area contributed by atoms with Crippen LogP contribution in [0.3, 0.4) is 0 Å². The molecule has 6 heteroatoms. The second kappa shape index (κ2) is 7.84. The molecule has 5 rings (SSSR count). The van der Waals surface area contributed by atoms with Crippen LogP contribution in [0.15, 0.2) is 74.8 Å². The lowest BCUT2D eigenvalue weighted by Crippen LogP contribution is -2.29. The van der Waals surface area contributed by atoms with E-state index < -0.39 is 6.04 Å². The summed E-state index contributed by atoms with van der Waals surface area (Å²) in [5.41, 5.74) is 4.07. The Labute approximate surface area is 194 Å². The molecule has 0 fully saturated rings. The molecule has 2 heterocycles. The highest BCUT2D eigenvalue weighted by atomic mass is 35.5. The molecule has 32 heavy (non-hydrogen) atoms.